The van der Waals surface area contributed by atoms with Crippen molar-refractivity contribution in [2.24, 2.45) is 5.92 Å². The second-order valence-electron chi connectivity index (χ2n) is 6.98. The lowest BCUT2D eigenvalue weighted by atomic mass is 9.96. The molecule has 26 heavy (non-hydrogen) atoms. The molecule has 3 heterocycles. The molecule has 0 atom stereocenters. The van der Waals surface area contributed by atoms with E-state index in [1.807, 2.05) is 42.3 Å². The number of nitrogens with one attached hydrogen (secondary N) is 1. The molecule has 2 aromatic heterocycles. The summed E-state index contributed by atoms with van der Waals surface area (Å²) in [6.07, 6.45) is 3.63. The summed E-state index contributed by atoms with van der Waals surface area (Å²) in [5, 5.41) is 5.28. The molecule has 6 nitrogen and oxygen atoms in total. The van der Waals surface area contributed by atoms with Crippen LogP contribution in [0.25, 0.3) is 10.9 Å². The molecule has 0 saturated carbocycles. The first-order valence-corrected chi connectivity index (χ1v) is 9.02. The minimum Gasteiger partial charge on any atom is -0.361 e. The Labute approximate surface area is 151 Å². The second-order valence-corrected chi connectivity index (χ2v) is 6.98. The molecule has 0 aliphatic carbocycles. The van der Waals surface area contributed by atoms with E-state index in [4.69, 9.17) is 0 Å². The molecular weight excluding hydrogens is 328 g/mol. The summed E-state index contributed by atoms with van der Waals surface area (Å²) in [7, 11) is 0. The van der Waals surface area contributed by atoms with Gasteiger partial charge in [-0.05, 0) is 49.9 Å². The number of aromatic amines is 1. The van der Waals surface area contributed by atoms with Gasteiger partial charge in [-0.1, -0.05) is 6.07 Å². The van der Waals surface area contributed by atoms with Crippen LogP contribution >= 0.6 is 0 Å². The third-order valence-corrected chi connectivity index (χ3v) is 5.16. The maximum Gasteiger partial charge on any atom is 0.266 e. The maximum absolute atomic E-state index is 12.9. The molecular formula is C20H22N4O2. The number of carbonyl (C=O) groups excluding carboxylic acids is 1. The Bertz CT molecular complexity index is 996. The molecule has 1 fully saturated rings. The van der Waals surface area contributed by atoms with Gasteiger partial charge in [0.1, 0.15) is 0 Å². The molecule has 1 aliphatic heterocycles. The third kappa shape index (κ3) is 3.14. The van der Waals surface area contributed by atoms with Gasteiger partial charge in [0, 0.05) is 48.4 Å². The van der Waals surface area contributed by atoms with Crippen molar-refractivity contribution in [1.82, 2.24) is 19.7 Å². The lowest BCUT2D eigenvalue weighted by molar-refractivity contribution is 0.0682. The lowest BCUT2D eigenvalue weighted by Gasteiger charge is -2.32. The van der Waals surface area contributed by atoms with Crippen LogP contribution in [-0.2, 0) is 6.54 Å². The van der Waals surface area contributed by atoms with Crippen LogP contribution in [0.2, 0.25) is 0 Å². The standard InChI is InChI=1S/C20H22N4O2/c1-14-5-6-19(25)24(22-14)13-15-8-11-23(12-9-15)20(26)17-3-2-4-18-16(17)7-10-21-18/h2-7,10,15,21H,8-9,11-13H2,1H3. The van der Waals surface area contributed by atoms with Crippen LogP contribution in [0.1, 0.15) is 28.9 Å². The summed E-state index contributed by atoms with van der Waals surface area (Å²) in [6, 6.07) is 11.0. The fraction of sp³-hybridized carbons (Fsp3) is 0.350. The summed E-state index contributed by atoms with van der Waals surface area (Å²) in [5.74, 6) is 0.452. The molecule has 1 amide bonds. The van der Waals surface area contributed by atoms with Gasteiger partial charge in [-0.2, -0.15) is 5.10 Å². The highest BCUT2D eigenvalue weighted by Gasteiger charge is 2.25. The molecule has 1 saturated heterocycles. The van der Waals surface area contributed by atoms with Gasteiger partial charge in [0.05, 0.1) is 5.69 Å². The molecule has 134 valence electrons. The number of H-pyrrole nitrogens is 1. The van der Waals surface area contributed by atoms with Crippen LogP contribution < -0.4 is 5.56 Å². The van der Waals surface area contributed by atoms with Crippen LogP contribution in [0, 0.1) is 12.8 Å². The van der Waals surface area contributed by atoms with Crippen molar-refractivity contribution in [2.45, 2.75) is 26.3 Å². The Balaban J connectivity index is 1.43. The highest BCUT2D eigenvalue weighted by Crippen LogP contribution is 2.23. The molecule has 0 unspecified atom stereocenters. The number of carbonyl (C=O) groups is 1. The van der Waals surface area contributed by atoms with Gasteiger partial charge < -0.3 is 9.88 Å². The van der Waals surface area contributed by atoms with Crippen LogP contribution in [-0.4, -0.2) is 38.7 Å². The highest BCUT2D eigenvalue weighted by atomic mass is 16.2. The van der Waals surface area contributed by atoms with Crippen molar-refractivity contribution >= 4 is 16.8 Å². The average Bonchev–Trinajstić information content (AvgIpc) is 3.13. The molecule has 1 aromatic carbocycles. The first kappa shape index (κ1) is 16.6. The number of benzene rings is 1. The SMILES string of the molecule is Cc1ccc(=O)n(CC2CCN(C(=O)c3cccc4[nH]ccc34)CC2)n1. The number of amides is 1. The maximum atomic E-state index is 12.9. The number of aryl methyl sites for hydroxylation is 1. The predicted molar refractivity (Wildman–Crippen MR) is 100 cm³/mol. The normalized spacial score (nSPS) is 15.5. The van der Waals surface area contributed by atoms with Crippen LogP contribution in [0.3, 0.4) is 0 Å². The summed E-state index contributed by atoms with van der Waals surface area (Å²) in [5.41, 5.74) is 2.51. The monoisotopic (exact) mass is 350 g/mol. The van der Waals surface area contributed by atoms with E-state index in [1.54, 1.807) is 16.8 Å². The zero-order chi connectivity index (χ0) is 18.1. The zero-order valence-corrected chi connectivity index (χ0v) is 14.8. The van der Waals surface area contributed by atoms with Crippen molar-refractivity contribution in [1.29, 1.82) is 0 Å². The zero-order valence-electron chi connectivity index (χ0n) is 14.8. The summed E-state index contributed by atoms with van der Waals surface area (Å²) in [4.78, 5) is 29.9. The Morgan fingerprint density at radius 3 is 2.81 bits per heavy atom. The van der Waals surface area contributed by atoms with Gasteiger partial charge in [-0.15, -0.1) is 0 Å². The first-order valence-electron chi connectivity index (χ1n) is 9.02. The molecule has 1 aliphatic rings. The van der Waals surface area contributed by atoms with Crippen molar-refractivity contribution < 1.29 is 4.79 Å². The summed E-state index contributed by atoms with van der Waals surface area (Å²) >= 11 is 0. The number of likely N-dealkylation sites (tertiary alicyclic amines) is 1. The topological polar surface area (TPSA) is 71.0 Å². The van der Waals surface area contributed by atoms with E-state index in [-0.39, 0.29) is 11.5 Å². The number of fused-ring (bicyclic) bond motifs is 1. The van der Waals surface area contributed by atoms with E-state index in [9.17, 15) is 9.59 Å². The quantitative estimate of drug-likeness (QED) is 0.789. The van der Waals surface area contributed by atoms with Crippen LogP contribution in [0.5, 0.6) is 0 Å². The van der Waals surface area contributed by atoms with E-state index in [2.05, 4.69) is 10.1 Å². The van der Waals surface area contributed by atoms with Gasteiger partial charge in [-0.3, -0.25) is 9.59 Å². The predicted octanol–water partition coefficient (Wildman–Crippen LogP) is 2.59. The second kappa shape index (κ2) is 6.78. The molecule has 1 N–H and O–H groups in total. The minimum absolute atomic E-state index is 0.0618. The van der Waals surface area contributed by atoms with Crippen molar-refractivity contribution in [3.63, 3.8) is 0 Å². The number of hydrogen-bond acceptors (Lipinski definition) is 3. The molecule has 6 heteroatoms. The van der Waals surface area contributed by atoms with Gasteiger partial charge in [0.15, 0.2) is 0 Å². The van der Waals surface area contributed by atoms with E-state index in [1.165, 1.54) is 0 Å². The number of hydrogen-bond donors (Lipinski definition) is 1. The van der Waals surface area contributed by atoms with Gasteiger partial charge in [0.25, 0.3) is 11.5 Å². The fourth-order valence-electron chi connectivity index (χ4n) is 3.69. The summed E-state index contributed by atoms with van der Waals surface area (Å²) in [6.45, 7) is 3.94. The number of aromatic nitrogens is 3. The van der Waals surface area contributed by atoms with Gasteiger partial charge in [-0.25, -0.2) is 4.68 Å². The number of nitrogens with zero attached hydrogens (tertiary/aromatic N) is 3. The number of rotatable bonds is 3. The Kier molecular flexibility index (Phi) is 4.32. The van der Waals surface area contributed by atoms with Crippen molar-refractivity contribution in [3.8, 4) is 0 Å². The lowest BCUT2D eigenvalue weighted by Crippen LogP contribution is -2.40. The molecule has 4 rings (SSSR count). The Morgan fingerprint density at radius 2 is 2.00 bits per heavy atom. The largest absolute Gasteiger partial charge is 0.361 e. The molecule has 0 radical (unpaired) electrons. The fourth-order valence-corrected chi connectivity index (χ4v) is 3.69. The van der Waals surface area contributed by atoms with E-state index in [0.29, 0.717) is 25.6 Å². The van der Waals surface area contributed by atoms with Gasteiger partial charge >= 0.3 is 0 Å². The number of piperidine rings is 1. The summed E-state index contributed by atoms with van der Waals surface area (Å²) < 4.78 is 1.55. The van der Waals surface area contributed by atoms with Crippen LogP contribution in [0.15, 0.2) is 47.4 Å². The van der Waals surface area contributed by atoms with Crippen molar-refractivity contribution in [3.05, 3.63) is 64.2 Å². The Hall–Kier alpha value is -2.89. The molecule has 3 aromatic rings. The van der Waals surface area contributed by atoms with E-state index >= 15 is 0 Å². The first-order chi connectivity index (χ1) is 12.6. The van der Waals surface area contributed by atoms with E-state index in [0.717, 1.165) is 35.0 Å². The van der Waals surface area contributed by atoms with E-state index < -0.39 is 0 Å². The molecule has 0 bridgehead atoms. The van der Waals surface area contributed by atoms with Crippen LogP contribution in [0.4, 0.5) is 0 Å². The highest BCUT2D eigenvalue weighted by molar-refractivity contribution is 6.06. The van der Waals surface area contributed by atoms with Crippen molar-refractivity contribution in [2.75, 3.05) is 13.1 Å². The smallest absolute Gasteiger partial charge is 0.266 e. The minimum atomic E-state index is -0.0618. The third-order valence-electron chi connectivity index (χ3n) is 5.16. The van der Waals surface area contributed by atoms with Gasteiger partial charge in [0.2, 0.25) is 0 Å². The average molecular weight is 350 g/mol. The molecule has 0 spiro atoms. The Morgan fingerprint density at radius 1 is 1.19 bits per heavy atom.